The van der Waals surface area contributed by atoms with E-state index >= 15 is 0 Å². The van der Waals surface area contributed by atoms with Gasteiger partial charge in [0.05, 0.1) is 7.11 Å². The monoisotopic (exact) mass is 277 g/mol. The number of amides is 1. The van der Waals surface area contributed by atoms with Gasteiger partial charge in [-0.2, -0.15) is 0 Å². The van der Waals surface area contributed by atoms with Crippen molar-refractivity contribution in [2.45, 2.75) is 38.2 Å². The van der Waals surface area contributed by atoms with E-state index < -0.39 is 0 Å². The quantitative estimate of drug-likeness (QED) is 0.869. The number of rotatable bonds is 6. The maximum absolute atomic E-state index is 11.8. The molecular weight excluding hydrogens is 254 g/mol. The molecule has 0 aromatic heterocycles. The summed E-state index contributed by atoms with van der Waals surface area (Å²) >= 11 is 0. The number of hydrogen-bond donors (Lipinski definition) is 1. The van der Waals surface area contributed by atoms with Crippen LogP contribution in [-0.4, -0.2) is 32.3 Å². The smallest absolute Gasteiger partial charge is 0.249 e. The lowest BCUT2D eigenvalue weighted by molar-refractivity contribution is -0.130. The van der Waals surface area contributed by atoms with Crippen molar-refractivity contribution in [3.8, 4) is 5.75 Å². The molecule has 1 fully saturated rings. The first-order valence-corrected chi connectivity index (χ1v) is 7.24. The van der Waals surface area contributed by atoms with Crippen molar-refractivity contribution in [1.29, 1.82) is 0 Å². The fourth-order valence-electron chi connectivity index (χ4n) is 2.41. The summed E-state index contributed by atoms with van der Waals surface area (Å²) in [6, 6.07) is 8.09. The van der Waals surface area contributed by atoms with Crippen LogP contribution in [0.4, 0.5) is 0 Å². The molecule has 2 rings (SSSR count). The summed E-state index contributed by atoms with van der Waals surface area (Å²) < 4.78 is 10.5. The minimum atomic E-state index is -0.230. The van der Waals surface area contributed by atoms with E-state index in [-0.39, 0.29) is 12.0 Å². The van der Waals surface area contributed by atoms with Gasteiger partial charge in [0.15, 0.2) is 0 Å². The molecule has 4 nitrogen and oxygen atoms in total. The Morgan fingerprint density at radius 2 is 2.20 bits per heavy atom. The van der Waals surface area contributed by atoms with E-state index in [1.54, 1.807) is 7.11 Å². The summed E-state index contributed by atoms with van der Waals surface area (Å²) in [6.45, 7) is 3.56. The molecule has 1 N–H and O–H groups in total. The van der Waals surface area contributed by atoms with E-state index in [0.29, 0.717) is 19.1 Å². The van der Waals surface area contributed by atoms with E-state index in [0.717, 1.165) is 25.0 Å². The van der Waals surface area contributed by atoms with Crippen LogP contribution in [0.2, 0.25) is 0 Å². The lowest BCUT2D eigenvalue weighted by Crippen LogP contribution is -2.35. The van der Waals surface area contributed by atoms with Gasteiger partial charge in [-0.05, 0) is 42.9 Å². The molecular formula is C16H23NO3. The van der Waals surface area contributed by atoms with Gasteiger partial charge in [-0.25, -0.2) is 0 Å². The van der Waals surface area contributed by atoms with Gasteiger partial charge in [-0.1, -0.05) is 19.1 Å². The number of carbonyl (C=O) groups is 1. The summed E-state index contributed by atoms with van der Waals surface area (Å²) in [5.41, 5.74) is 1.26. The zero-order valence-electron chi connectivity index (χ0n) is 12.2. The van der Waals surface area contributed by atoms with Crippen molar-refractivity contribution in [2.24, 2.45) is 0 Å². The Balaban J connectivity index is 1.73. The van der Waals surface area contributed by atoms with E-state index in [1.165, 1.54) is 5.56 Å². The zero-order valence-corrected chi connectivity index (χ0v) is 12.2. The highest BCUT2D eigenvalue weighted by Gasteiger charge is 2.23. The standard InChI is InChI=1S/C16H23NO3/c1-12(13-5-7-14(19-2)8-6-13)9-10-17-16(18)15-4-3-11-20-15/h5-8,12,15H,3-4,9-11H2,1-2H3,(H,17,18)/t12-,15-/m0/s1. The summed E-state index contributed by atoms with van der Waals surface area (Å²) in [6.07, 6.45) is 2.52. The topological polar surface area (TPSA) is 47.6 Å². The molecule has 1 aromatic rings. The molecule has 0 radical (unpaired) electrons. The van der Waals surface area contributed by atoms with Crippen LogP contribution in [0.1, 0.15) is 37.7 Å². The number of carbonyl (C=O) groups excluding carboxylic acids is 1. The molecule has 0 bridgehead atoms. The molecule has 1 saturated heterocycles. The van der Waals surface area contributed by atoms with Crippen molar-refractivity contribution < 1.29 is 14.3 Å². The highest BCUT2D eigenvalue weighted by molar-refractivity contribution is 5.80. The van der Waals surface area contributed by atoms with Crippen molar-refractivity contribution >= 4 is 5.91 Å². The van der Waals surface area contributed by atoms with Crippen LogP contribution in [0.3, 0.4) is 0 Å². The van der Waals surface area contributed by atoms with Gasteiger partial charge in [0.2, 0.25) is 5.91 Å². The number of hydrogen-bond acceptors (Lipinski definition) is 3. The fourth-order valence-corrected chi connectivity index (χ4v) is 2.41. The Morgan fingerprint density at radius 3 is 2.80 bits per heavy atom. The van der Waals surface area contributed by atoms with Gasteiger partial charge < -0.3 is 14.8 Å². The predicted octanol–water partition coefficient (Wildman–Crippen LogP) is 2.48. The average Bonchev–Trinajstić information content (AvgIpc) is 3.01. The molecule has 2 atom stereocenters. The Hall–Kier alpha value is -1.55. The number of methoxy groups -OCH3 is 1. The summed E-state index contributed by atoms with van der Waals surface area (Å²) in [5.74, 6) is 1.31. The largest absolute Gasteiger partial charge is 0.497 e. The van der Waals surface area contributed by atoms with Crippen LogP contribution in [0.5, 0.6) is 5.75 Å². The van der Waals surface area contributed by atoms with Crippen molar-refractivity contribution in [3.05, 3.63) is 29.8 Å². The first-order chi connectivity index (χ1) is 9.70. The third kappa shape index (κ3) is 3.97. The number of nitrogens with one attached hydrogen (secondary N) is 1. The maximum atomic E-state index is 11.8. The third-order valence-corrected chi connectivity index (χ3v) is 3.78. The summed E-state index contributed by atoms with van der Waals surface area (Å²) in [4.78, 5) is 11.8. The lowest BCUT2D eigenvalue weighted by atomic mass is 9.98. The van der Waals surface area contributed by atoms with E-state index in [4.69, 9.17) is 9.47 Å². The lowest BCUT2D eigenvalue weighted by Gasteiger charge is -2.14. The molecule has 20 heavy (non-hydrogen) atoms. The molecule has 1 aliphatic heterocycles. The van der Waals surface area contributed by atoms with Gasteiger partial charge in [0.1, 0.15) is 11.9 Å². The summed E-state index contributed by atoms with van der Waals surface area (Å²) in [7, 11) is 1.67. The second-order valence-corrected chi connectivity index (χ2v) is 5.26. The van der Waals surface area contributed by atoms with Crippen molar-refractivity contribution in [1.82, 2.24) is 5.32 Å². The molecule has 0 unspecified atom stereocenters. The molecule has 0 spiro atoms. The van der Waals surface area contributed by atoms with Crippen LogP contribution < -0.4 is 10.1 Å². The van der Waals surface area contributed by atoms with Crippen LogP contribution >= 0.6 is 0 Å². The molecule has 110 valence electrons. The normalized spacial score (nSPS) is 19.6. The van der Waals surface area contributed by atoms with Crippen LogP contribution in [0, 0.1) is 0 Å². The first-order valence-electron chi connectivity index (χ1n) is 7.24. The molecule has 4 heteroatoms. The third-order valence-electron chi connectivity index (χ3n) is 3.78. The minimum Gasteiger partial charge on any atom is -0.497 e. The highest BCUT2D eigenvalue weighted by atomic mass is 16.5. The van der Waals surface area contributed by atoms with Crippen molar-refractivity contribution in [2.75, 3.05) is 20.3 Å². The Bertz CT molecular complexity index is 424. The first kappa shape index (κ1) is 14.9. The molecule has 1 amide bonds. The van der Waals surface area contributed by atoms with Gasteiger partial charge in [-0.15, -0.1) is 0 Å². The molecule has 1 aromatic carbocycles. The van der Waals surface area contributed by atoms with Gasteiger partial charge >= 0.3 is 0 Å². The maximum Gasteiger partial charge on any atom is 0.249 e. The van der Waals surface area contributed by atoms with Crippen LogP contribution in [0.15, 0.2) is 24.3 Å². The van der Waals surface area contributed by atoms with Gasteiger partial charge in [-0.3, -0.25) is 4.79 Å². The van der Waals surface area contributed by atoms with Crippen molar-refractivity contribution in [3.63, 3.8) is 0 Å². The van der Waals surface area contributed by atoms with E-state index in [1.807, 2.05) is 12.1 Å². The summed E-state index contributed by atoms with van der Waals surface area (Å²) in [5, 5.41) is 2.96. The number of benzene rings is 1. The average molecular weight is 277 g/mol. The molecule has 0 aliphatic carbocycles. The number of ether oxygens (including phenoxy) is 2. The predicted molar refractivity (Wildman–Crippen MR) is 78.0 cm³/mol. The Labute approximate surface area is 120 Å². The molecule has 1 aliphatic rings. The zero-order chi connectivity index (χ0) is 14.4. The van der Waals surface area contributed by atoms with Gasteiger partial charge in [0.25, 0.3) is 0 Å². The molecule has 0 saturated carbocycles. The van der Waals surface area contributed by atoms with Gasteiger partial charge in [0, 0.05) is 13.2 Å². The van der Waals surface area contributed by atoms with E-state index in [2.05, 4.69) is 24.4 Å². The van der Waals surface area contributed by atoms with Crippen LogP contribution in [0.25, 0.3) is 0 Å². The fraction of sp³-hybridized carbons (Fsp3) is 0.562. The highest BCUT2D eigenvalue weighted by Crippen LogP contribution is 2.21. The second-order valence-electron chi connectivity index (χ2n) is 5.26. The SMILES string of the molecule is COc1ccc([C@@H](C)CCNC(=O)[C@@H]2CCCO2)cc1. The Kier molecular flexibility index (Phi) is 5.41. The van der Waals surface area contributed by atoms with Crippen LogP contribution in [-0.2, 0) is 9.53 Å². The second kappa shape index (κ2) is 7.29. The van der Waals surface area contributed by atoms with E-state index in [9.17, 15) is 4.79 Å². The minimum absolute atomic E-state index is 0.0319. The molecule has 1 heterocycles. The Morgan fingerprint density at radius 1 is 1.45 bits per heavy atom.